The Bertz CT molecular complexity index is 1200. The molecule has 1 aliphatic rings. The molecule has 0 saturated carbocycles. The number of hydrogen-bond donors (Lipinski definition) is 0. The summed E-state index contributed by atoms with van der Waals surface area (Å²) in [4.78, 5) is 0.138. The molecule has 4 rings (SSSR count). The van der Waals surface area contributed by atoms with Crippen molar-refractivity contribution < 1.29 is 17.3 Å². The highest BCUT2D eigenvalue weighted by molar-refractivity contribution is 7.86. The highest BCUT2D eigenvalue weighted by atomic mass is 35.5. The van der Waals surface area contributed by atoms with Gasteiger partial charge in [-0.1, -0.05) is 53.6 Å². The van der Waals surface area contributed by atoms with E-state index in [-0.39, 0.29) is 4.90 Å². The zero-order valence-electron chi connectivity index (χ0n) is 16.4. The second-order valence-corrected chi connectivity index (χ2v) is 9.34. The fourth-order valence-corrected chi connectivity index (χ4v) is 4.94. The third kappa shape index (κ3) is 3.66. The van der Waals surface area contributed by atoms with Crippen molar-refractivity contribution in [2.45, 2.75) is 31.3 Å². The Kier molecular flexibility index (Phi) is 5.15. The molecule has 1 atom stereocenters. The summed E-state index contributed by atoms with van der Waals surface area (Å²) in [6, 6.07) is 17.0. The molecule has 29 heavy (non-hydrogen) atoms. The van der Waals surface area contributed by atoms with Crippen LogP contribution in [0, 0.1) is 13.8 Å². The van der Waals surface area contributed by atoms with Gasteiger partial charge in [0.15, 0.2) is 0 Å². The van der Waals surface area contributed by atoms with Crippen LogP contribution in [-0.2, 0) is 20.7 Å². The van der Waals surface area contributed by atoms with Gasteiger partial charge in [-0.15, -0.1) is 0 Å². The van der Waals surface area contributed by atoms with E-state index in [0.717, 1.165) is 33.6 Å². The van der Waals surface area contributed by atoms with Gasteiger partial charge in [-0.05, 0) is 43.2 Å². The summed E-state index contributed by atoms with van der Waals surface area (Å²) in [6.45, 7) is 3.95. The molecule has 150 valence electrons. The molecule has 4 nitrogen and oxygen atoms in total. The molecule has 0 bridgehead atoms. The Hall–Kier alpha value is -2.34. The van der Waals surface area contributed by atoms with Gasteiger partial charge in [-0.25, -0.2) is 0 Å². The van der Waals surface area contributed by atoms with E-state index in [2.05, 4.69) is 6.07 Å². The number of hydrogen-bond acceptors (Lipinski definition) is 4. The summed E-state index contributed by atoms with van der Waals surface area (Å²) in [5, 5.41) is 0.644. The predicted molar refractivity (Wildman–Crippen MR) is 114 cm³/mol. The van der Waals surface area contributed by atoms with Crippen molar-refractivity contribution in [1.29, 1.82) is 0 Å². The molecule has 0 spiro atoms. The van der Waals surface area contributed by atoms with Crippen LogP contribution in [0.3, 0.4) is 0 Å². The van der Waals surface area contributed by atoms with Crippen LogP contribution in [0.2, 0.25) is 5.02 Å². The van der Waals surface area contributed by atoms with Crippen LogP contribution in [0.25, 0.3) is 11.1 Å². The van der Waals surface area contributed by atoms with Crippen molar-refractivity contribution in [3.05, 3.63) is 81.9 Å². The second kappa shape index (κ2) is 7.48. The lowest BCUT2D eigenvalue weighted by atomic mass is 9.96. The molecule has 0 fully saturated rings. The third-order valence-corrected chi connectivity index (χ3v) is 6.82. The number of halogens is 1. The fourth-order valence-electron chi connectivity index (χ4n) is 3.81. The molecule has 3 aromatic rings. The molecule has 0 radical (unpaired) electrons. The first-order chi connectivity index (χ1) is 13.8. The first-order valence-corrected chi connectivity index (χ1v) is 11.0. The molecule has 0 aromatic heterocycles. The van der Waals surface area contributed by atoms with Gasteiger partial charge in [-0.2, -0.15) is 8.42 Å². The van der Waals surface area contributed by atoms with Crippen LogP contribution in [-0.4, -0.2) is 15.5 Å². The van der Waals surface area contributed by atoms with Crippen molar-refractivity contribution in [3.63, 3.8) is 0 Å². The minimum absolute atomic E-state index is 0.138. The Balaban J connectivity index is 1.83. The zero-order valence-corrected chi connectivity index (χ0v) is 18.0. The lowest BCUT2D eigenvalue weighted by molar-refractivity contribution is 0.235. The van der Waals surface area contributed by atoms with E-state index in [1.165, 1.54) is 7.11 Å². The molecule has 0 N–H and O–H groups in total. The average molecular weight is 429 g/mol. The number of aryl methyl sites for hydroxylation is 2. The summed E-state index contributed by atoms with van der Waals surface area (Å²) in [5.74, 6) is 0.746. The maximum Gasteiger partial charge on any atom is 0.297 e. The van der Waals surface area contributed by atoms with Gasteiger partial charge < -0.3 is 4.74 Å². The number of benzene rings is 3. The quantitative estimate of drug-likeness (QED) is 0.505. The summed E-state index contributed by atoms with van der Waals surface area (Å²) in [6.07, 6.45) is 0.150. The molecule has 3 aromatic carbocycles. The summed E-state index contributed by atoms with van der Waals surface area (Å²) in [7, 11) is -2.68. The van der Waals surface area contributed by atoms with Crippen molar-refractivity contribution in [1.82, 2.24) is 0 Å². The molecule has 1 heterocycles. The normalized spacial score (nSPS) is 15.8. The Morgan fingerprint density at radius 3 is 2.48 bits per heavy atom. The fraction of sp³-hybridized carbons (Fsp3) is 0.217. The second-order valence-electron chi connectivity index (χ2n) is 7.25. The van der Waals surface area contributed by atoms with E-state index in [0.29, 0.717) is 17.0 Å². The lowest BCUT2D eigenvalue weighted by Crippen LogP contribution is -2.12. The first kappa shape index (κ1) is 20.0. The molecular weight excluding hydrogens is 408 g/mol. The van der Waals surface area contributed by atoms with Gasteiger partial charge >= 0.3 is 0 Å². The van der Waals surface area contributed by atoms with Crippen LogP contribution in [0.15, 0.2) is 59.5 Å². The third-order valence-electron chi connectivity index (χ3n) is 5.14. The van der Waals surface area contributed by atoms with Crippen molar-refractivity contribution >= 4 is 21.7 Å². The van der Waals surface area contributed by atoms with Gasteiger partial charge in [-0.3, -0.25) is 4.18 Å². The molecule has 6 heteroatoms. The van der Waals surface area contributed by atoms with E-state index in [1.807, 2.05) is 50.2 Å². The Morgan fingerprint density at radius 2 is 1.76 bits per heavy atom. The standard InChI is InChI=1S/C23H21ClO4S/c1-14-8-9-22(29(25,26)27-3)19(11-14)21-13-16-10-15(2)12-18(23(16)28-21)17-6-4-5-7-20(17)24/h4-12,21H,13H2,1-3H3. The predicted octanol–water partition coefficient (Wildman–Crippen LogP) is 5.64. The van der Waals surface area contributed by atoms with Gasteiger partial charge in [0.25, 0.3) is 10.1 Å². The van der Waals surface area contributed by atoms with Gasteiger partial charge in [0, 0.05) is 28.1 Å². The van der Waals surface area contributed by atoms with Gasteiger partial charge in [0.05, 0.1) is 7.11 Å². The van der Waals surface area contributed by atoms with E-state index >= 15 is 0 Å². The summed E-state index contributed by atoms with van der Waals surface area (Å²) >= 11 is 6.44. The minimum atomic E-state index is -3.85. The topological polar surface area (TPSA) is 52.6 Å². The maximum absolute atomic E-state index is 12.5. The molecule has 0 saturated heterocycles. The Morgan fingerprint density at radius 1 is 1.00 bits per heavy atom. The molecular formula is C23H21ClO4S. The molecule has 1 aliphatic heterocycles. The summed E-state index contributed by atoms with van der Waals surface area (Å²) < 4.78 is 36.0. The number of rotatable bonds is 4. The molecule has 0 aliphatic carbocycles. The minimum Gasteiger partial charge on any atom is -0.484 e. The van der Waals surface area contributed by atoms with E-state index in [1.54, 1.807) is 12.1 Å². The lowest BCUT2D eigenvalue weighted by Gasteiger charge is -2.17. The van der Waals surface area contributed by atoms with Crippen LogP contribution in [0.1, 0.15) is 28.4 Å². The van der Waals surface area contributed by atoms with E-state index in [9.17, 15) is 8.42 Å². The SMILES string of the molecule is COS(=O)(=O)c1ccc(C)cc1C1Cc2cc(C)cc(-c3ccccc3Cl)c2O1. The van der Waals surface area contributed by atoms with Crippen molar-refractivity contribution in [2.24, 2.45) is 0 Å². The number of ether oxygens (including phenoxy) is 1. The molecule has 1 unspecified atom stereocenters. The first-order valence-electron chi connectivity index (χ1n) is 9.26. The van der Waals surface area contributed by atoms with Crippen LogP contribution >= 0.6 is 11.6 Å². The largest absolute Gasteiger partial charge is 0.484 e. The van der Waals surface area contributed by atoms with E-state index < -0.39 is 16.2 Å². The maximum atomic E-state index is 12.5. The van der Waals surface area contributed by atoms with Crippen molar-refractivity contribution in [3.8, 4) is 16.9 Å². The van der Waals surface area contributed by atoms with Crippen LogP contribution in [0.5, 0.6) is 5.75 Å². The summed E-state index contributed by atoms with van der Waals surface area (Å²) in [5.41, 5.74) is 5.49. The molecule has 0 amide bonds. The number of fused-ring (bicyclic) bond motifs is 1. The van der Waals surface area contributed by atoms with Gasteiger partial charge in [0.2, 0.25) is 0 Å². The van der Waals surface area contributed by atoms with Crippen LogP contribution < -0.4 is 4.74 Å². The van der Waals surface area contributed by atoms with Crippen LogP contribution in [0.4, 0.5) is 0 Å². The monoisotopic (exact) mass is 428 g/mol. The van der Waals surface area contributed by atoms with E-state index in [4.69, 9.17) is 20.5 Å². The average Bonchev–Trinajstić information content (AvgIpc) is 3.11. The highest BCUT2D eigenvalue weighted by Crippen LogP contribution is 2.46. The van der Waals surface area contributed by atoms with Gasteiger partial charge in [0.1, 0.15) is 16.7 Å². The smallest absolute Gasteiger partial charge is 0.297 e. The zero-order chi connectivity index (χ0) is 20.8. The van der Waals surface area contributed by atoms with Crippen molar-refractivity contribution in [2.75, 3.05) is 7.11 Å². The Labute approximate surface area is 176 Å². The highest BCUT2D eigenvalue weighted by Gasteiger charge is 2.32.